The van der Waals surface area contributed by atoms with E-state index < -0.39 is 0 Å². The summed E-state index contributed by atoms with van der Waals surface area (Å²) in [5.41, 5.74) is 1.20. The molecule has 1 unspecified atom stereocenters. The van der Waals surface area contributed by atoms with Crippen LogP contribution in [0.4, 0.5) is 5.69 Å². The largest absolute Gasteiger partial charge is 0.497 e. The first-order valence-electron chi connectivity index (χ1n) is 12.3. The van der Waals surface area contributed by atoms with E-state index in [9.17, 15) is 9.59 Å². The van der Waals surface area contributed by atoms with Gasteiger partial charge in [-0.15, -0.1) is 0 Å². The molecule has 2 aromatic carbocycles. The highest BCUT2D eigenvalue weighted by Crippen LogP contribution is 2.39. The summed E-state index contributed by atoms with van der Waals surface area (Å²) in [6.07, 6.45) is 4.79. The third-order valence-electron chi connectivity index (χ3n) is 7.09. The molecule has 2 fully saturated rings. The van der Waals surface area contributed by atoms with Gasteiger partial charge in [0, 0.05) is 29.4 Å². The second-order valence-corrected chi connectivity index (χ2v) is 9.24. The van der Waals surface area contributed by atoms with Crippen molar-refractivity contribution in [3.05, 3.63) is 42.0 Å². The minimum absolute atomic E-state index is 0.0306. The minimum atomic E-state index is -0.178. The summed E-state index contributed by atoms with van der Waals surface area (Å²) in [7, 11) is 6.20. The van der Waals surface area contributed by atoms with Crippen LogP contribution in [-0.2, 0) is 4.79 Å². The maximum Gasteiger partial charge on any atom is 0.251 e. The standard InChI is InChI=1S/C27H35N3O6/c1-33-22-10-8-18(9-11-22)28-25(31)16-30-20-6-5-7-21(30)15-19(14-20)29-27(32)17-12-23(34-2)26(36-4)24(13-17)35-3/h8-13,19-21H,5-7,14-16H2,1-4H3,(H,28,31)(H,29,32)/t19?,20-,21+. The molecule has 0 saturated carbocycles. The molecule has 4 rings (SSSR count). The van der Waals surface area contributed by atoms with E-state index in [1.54, 1.807) is 19.2 Å². The quantitative estimate of drug-likeness (QED) is 0.547. The topological polar surface area (TPSA) is 98.4 Å². The number of methoxy groups -OCH3 is 4. The molecule has 2 aliphatic rings. The molecule has 0 radical (unpaired) electrons. The van der Waals surface area contributed by atoms with Crippen LogP contribution in [0.1, 0.15) is 42.5 Å². The van der Waals surface area contributed by atoms with Gasteiger partial charge in [-0.2, -0.15) is 0 Å². The van der Waals surface area contributed by atoms with Crippen LogP contribution < -0.4 is 29.6 Å². The van der Waals surface area contributed by atoms with Crippen molar-refractivity contribution in [2.75, 3.05) is 40.3 Å². The second-order valence-electron chi connectivity index (χ2n) is 9.24. The summed E-state index contributed by atoms with van der Waals surface area (Å²) in [6.45, 7) is 0.342. The number of nitrogens with zero attached hydrogens (tertiary/aromatic N) is 1. The first kappa shape index (κ1) is 25.6. The zero-order valence-corrected chi connectivity index (χ0v) is 21.3. The van der Waals surface area contributed by atoms with Gasteiger partial charge in [-0.25, -0.2) is 0 Å². The van der Waals surface area contributed by atoms with E-state index in [1.807, 2.05) is 24.3 Å². The van der Waals surface area contributed by atoms with Gasteiger partial charge in [0.25, 0.3) is 5.91 Å². The highest BCUT2D eigenvalue weighted by Gasteiger charge is 2.39. The normalized spacial score (nSPS) is 21.3. The van der Waals surface area contributed by atoms with Crippen LogP contribution in [0.3, 0.4) is 0 Å². The molecule has 3 atom stereocenters. The van der Waals surface area contributed by atoms with E-state index in [1.165, 1.54) is 21.3 Å². The number of rotatable bonds is 9. The molecular formula is C27H35N3O6. The lowest BCUT2D eigenvalue weighted by Crippen LogP contribution is -2.58. The molecule has 9 heteroatoms. The molecular weight excluding hydrogens is 462 g/mol. The average molecular weight is 498 g/mol. The summed E-state index contributed by atoms with van der Waals surface area (Å²) in [5.74, 6) is 1.87. The fourth-order valence-electron chi connectivity index (χ4n) is 5.38. The van der Waals surface area contributed by atoms with Gasteiger partial charge < -0.3 is 29.6 Å². The molecule has 0 aromatic heterocycles. The van der Waals surface area contributed by atoms with Crippen LogP contribution in [0.15, 0.2) is 36.4 Å². The van der Waals surface area contributed by atoms with Gasteiger partial charge in [0.15, 0.2) is 11.5 Å². The average Bonchev–Trinajstić information content (AvgIpc) is 2.88. The minimum Gasteiger partial charge on any atom is -0.497 e. The summed E-state index contributed by atoms with van der Waals surface area (Å²) in [4.78, 5) is 28.2. The zero-order chi connectivity index (χ0) is 25.7. The fraction of sp³-hybridized carbons (Fsp3) is 0.481. The molecule has 194 valence electrons. The molecule has 2 aromatic rings. The Kier molecular flexibility index (Phi) is 8.20. The van der Waals surface area contributed by atoms with E-state index in [0.717, 1.165) is 43.5 Å². The summed E-state index contributed by atoms with van der Waals surface area (Å²) >= 11 is 0. The van der Waals surface area contributed by atoms with E-state index in [4.69, 9.17) is 18.9 Å². The third-order valence-corrected chi connectivity index (χ3v) is 7.09. The SMILES string of the molecule is COc1ccc(NC(=O)CN2[C@@H]3CCC[C@H]2CC(NC(=O)c2cc(OC)c(OC)c(OC)c2)C3)cc1. The lowest BCUT2D eigenvalue weighted by atomic mass is 9.81. The van der Waals surface area contributed by atoms with Gasteiger partial charge >= 0.3 is 0 Å². The molecule has 36 heavy (non-hydrogen) atoms. The summed E-state index contributed by atoms with van der Waals surface area (Å²) in [6, 6.07) is 11.2. The van der Waals surface area contributed by atoms with Crippen molar-refractivity contribution in [1.82, 2.24) is 10.2 Å². The van der Waals surface area contributed by atoms with E-state index >= 15 is 0 Å². The second kappa shape index (κ2) is 11.5. The van der Waals surface area contributed by atoms with E-state index in [-0.39, 0.29) is 29.9 Å². The van der Waals surface area contributed by atoms with Crippen LogP contribution in [0.25, 0.3) is 0 Å². The maximum absolute atomic E-state index is 13.1. The van der Waals surface area contributed by atoms with Crippen LogP contribution in [0.2, 0.25) is 0 Å². The number of fused-ring (bicyclic) bond motifs is 2. The first-order valence-corrected chi connectivity index (χ1v) is 12.3. The first-order chi connectivity index (χ1) is 17.4. The maximum atomic E-state index is 13.1. The van der Waals surface area contributed by atoms with Crippen LogP contribution >= 0.6 is 0 Å². The Labute approximate surface area is 212 Å². The Balaban J connectivity index is 1.38. The Morgan fingerprint density at radius 2 is 1.50 bits per heavy atom. The number of carbonyl (C=O) groups excluding carboxylic acids is 2. The number of ether oxygens (including phenoxy) is 4. The van der Waals surface area contributed by atoms with Gasteiger partial charge in [-0.1, -0.05) is 6.42 Å². The summed E-state index contributed by atoms with van der Waals surface area (Å²) in [5, 5.41) is 6.18. The lowest BCUT2D eigenvalue weighted by molar-refractivity contribution is -0.120. The summed E-state index contributed by atoms with van der Waals surface area (Å²) < 4.78 is 21.3. The number of carbonyl (C=O) groups is 2. The number of hydrogen-bond donors (Lipinski definition) is 2. The van der Waals surface area contributed by atoms with Crippen LogP contribution in [0, 0.1) is 0 Å². The van der Waals surface area contributed by atoms with Crippen LogP contribution in [-0.4, -0.2) is 69.8 Å². The molecule has 2 N–H and O–H groups in total. The molecule has 2 aliphatic heterocycles. The fourth-order valence-corrected chi connectivity index (χ4v) is 5.38. The molecule has 2 amide bonds. The van der Waals surface area contributed by atoms with Gasteiger partial charge in [-0.05, 0) is 62.1 Å². The zero-order valence-electron chi connectivity index (χ0n) is 21.3. The molecule has 2 heterocycles. The van der Waals surface area contributed by atoms with Gasteiger partial charge in [-0.3, -0.25) is 14.5 Å². The van der Waals surface area contributed by atoms with Crippen LogP contribution in [0.5, 0.6) is 23.0 Å². The van der Waals surface area contributed by atoms with Crippen molar-refractivity contribution >= 4 is 17.5 Å². The smallest absolute Gasteiger partial charge is 0.251 e. The molecule has 2 bridgehead atoms. The number of amides is 2. The number of piperidine rings is 2. The highest BCUT2D eigenvalue weighted by molar-refractivity contribution is 5.96. The molecule has 0 spiro atoms. The van der Waals surface area contributed by atoms with Crippen molar-refractivity contribution in [2.24, 2.45) is 0 Å². The molecule has 2 saturated heterocycles. The van der Waals surface area contributed by atoms with E-state index in [0.29, 0.717) is 29.4 Å². The third kappa shape index (κ3) is 5.67. The lowest BCUT2D eigenvalue weighted by Gasteiger charge is -2.48. The Bertz CT molecular complexity index is 1030. The van der Waals surface area contributed by atoms with Crippen molar-refractivity contribution < 1.29 is 28.5 Å². The molecule has 0 aliphatic carbocycles. The van der Waals surface area contributed by atoms with E-state index in [2.05, 4.69) is 15.5 Å². The Morgan fingerprint density at radius 1 is 0.889 bits per heavy atom. The van der Waals surface area contributed by atoms with Gasteiger partial charge in [0.1, 0.15) is 5.75 Å². The monoisotopic (exact) mass is 497 g/mol. The van der Waals surface area contributed by atoms with Gasteiger partial charge in [0.2, 0.25) is 11.7 Å². The number of hydrogen-bond acceptors (Lipinski definition) is 7. The number of benzene rings is 2. The van der Waals surface area contributed by atoms with Crippen molar-refractivity contribution in [2.45, 2.75) is 50.2 Å². The number of nitrogens with one attached hydrogen (secondary N) is 2. The Hall–Kier alpha value is -3.46. The Morgan fingerprint density at radius 3 is 2.03 bits per heavy atom. The highest BCUT2D eigenvalue weighted by atomic mass is 16.5. The number of anilines is 1. The van der Waals surface area contributed by atoms with Crippen molar-refractivity contribution in [3.8, 4) is 23.0 Å². The van der Waals surface area contributed by atoms with Crippen molar-refractivity contribution in [1.29, 1.82) is 0 Å². The van der Waals surface area contributed by atoms with Crippen molar-refractivity contribution in [3.63, 3.8) is 0 Å². The predicted octanol–water partition coefficient (Wildman–Crippen LogP) is 3.48. The van der Waals surface area contributed by atoms with Gasteiger partial charge in [0.05, 0.1) is 35.0 Å². The predicted molar refractivity (Wildman–Crippen MR) is 136 cm³/mol. The molecule has 9 nitrogen and oxygen atoms in total.